The summed E-state index contributed by atoms with van der Waals surface area (Å²) in [6, 6.07) is 6.96. The van der Waals surface area contributed by atoms with Crippen LogP contribution < -0.4 is 11.1 Å². The Bertz CT molecular complexity index is 1340. The van der Waals surface area contributed by atoms with Crippen LogP contribution in [0, 0.1) is 13.8 Å². The predicted octanol–water partition coefficient (Wildman–Crippen LogP) is 5.31. The summed E-state index contributed by atoms with van der Waals surface area (Å²) in [5.41, 5.74) is 8.16. The van der Waals surface area contributed by atoms with E-state index in [1.54, 1.807) is 13.8 Å². The van der Waals surface area contributed by atoms with E-state index < -0.39 is 27.6 Å². The molecule has 1 saturated heterocycles. The third-order valence-corrected chi connectivity index (χ3v) is 8.06. The maximum absolute atomic E-state index is 13.3. The maximum atomic E-state index is 13.3. The van der Waals surface area contributed by atoms with Gasteiger partial charge < -0.3 is 11.1 Å². The largest absolute Gasteiger partial charge is 0.416 e. The van der Waals surface area contributed by atoms with Crippen molar-refractivity contribution in [1.82, 2.24) is 9.97 Å². The SMILES string of the molecule is Cc1nc(N[C@H](C)c2cc(N)cc(C(F)(F)F)c2)c2cc(C3CCS(=O)(=O)CC3)c(C)cc2n1. The molecule has 2 aromatic carbocycles. The Morgan fingerprint density at radius 1 is 1.06 bits per heavy atom. The lowest BCUT2D eigenvalue weighted by Gasteiger charge is -2.25. The third-order valence-electron chi connectivity index (χ3n) is 6.35. The molecule has 3 N–H and O–H groups in total. The molecule has 1 atom stereocenters. The Morgan fingerprint density at radius 2 is 1.74 bits per heavy atom. The Labute approximate surface area is 196 Å². The lowest BCUT2D eigenvalue weighted by atomic mass is 9.89. The van der Waals surface area contributed by atoms with Crippen molar-refractivity contribution in [3.05, 3.63) is 58.4 Å². The Hall–Kier alpha value is -2.88. The number of sulfone groups is 1. The van der Waals surface area contributed by atoms with E-state index in [-0.39, 0.29) is 23.1 Å². The molecule has 182 valence electrons. The van der Waals surface area contributed by atoms with Gasteiger partial charge in [0, 0.05) is 11.1 Å². The summed E-state index contributed by atoms with van der Waals surface area (Å²) >= 11 is 0. The number of hydrogen-bond donors (Lipinski definition) is 2. The molecule has 0 unspecified atom stereocenters. The van der Waals surface area contributed by atoms with Crippen molar-refractivity contribution >= 4 is 32.2 Å². The van der Waals surface area contributed by atoms with Gasteiger partial charge in [-0.05, 0) is 86.6 Å². The van der Waals surface area contributed by atoms with Crippen molar-refractivity contribution in [2.45, 2.75) is 51.7 Å². The lowest BCUT2D eigenvalue weighted by Crippen LogP contribution is -2.22. The van der Waals surface area contributed by atoms with Gasteiger partial charge in [0.2, 0.25) is 0 Å². The summed E-state index contributed by atoms with van der Waals surface area (Å²) < 4.78 is 63.6. The number of fused-ring (bicyclic) bond motifs is 1. The van der Waals surface area contributed by atoms with Crippen LogP contribution in [0.5, 0.6) is 0 Å². The third kappa shape index (κ3) is 5.11. The monoisotopic (exact) mass is 492 g/mol. The molecular formula is C24H27F3N4O2S. The van der Waals surface area contributed by atoms with Crippen LogP contribution in [-0.2, 0) is 16.0 Å². The van der Waals surface area contributed by atoms with Crippen molar-refractivity contribution in [1.29, 1.82) is 0 Å². The highest BCUT2D eigenvalue weighted by Crippen LogP contribution is 2.36. The van der Waals surface area contributed by atoms with E-state index in [2.05, 4.69) is 15.3 Å². The maximum Gasteiger partial charge on any atom is 0.416 e. The lowest BCUT2D eigenvalue weighted by molar-refractivity contribution is -0.137. The molecule has 34 heavy (non-hydrogen) atoms. The van der Waals surface area contributed by atoms with Gasteiger partial charge in [0.1, 0.15) is 21.5 Å². The van der Waals surface area contributed by atoms with Crippen LogP contribution in [0.4, 0.5) is 24.7 Å². The first kappa shape index (κ1) is 24.3. The Balaban J connectivity index is 1.72. The summed E-state index contributed by atoms with van der Waals surface area (Å²) in [6.45, 7) is 5.49. The molecule has 0 aliphatic carbocycles. The zero-order chi connectivity index (χ0) is 24.8. The highest BCUT2D eigenvalue weighted by atomic mass is 32.2. The molecule has 1 fully saturated rings. The number of halogens is 3. The molecule has 0 bridgehead atoms. The highest BCUT2D eigenvalue weighted by molar-refractivity contribution is 7.91. The van der Waals surface area contributed by atoms with Crippen LogP contribution in [0.15, 0.2) is 30.3 Å². The summed E-state index contributed by atoms with van der Waals surface area (Å²) in [4.78, 5) is 9.06. The van der Waals surface area contributed by atoms with Crippen LogP contribution >= 0.6 is 0 Å². The number of nitrogens with one attached hydrogen (secondary N) is 1. The van der Waals surface area contributed by atoms with E-state index in [4.69, 9.17) is 5.73 Å². The molecule has 0 saturated carbocycles. The second-order valence-corrected chi connectivity index (χ2v) is 11.3. The Morgan fingerprint density at radius 3 is 2.38 bits per heavy atom. The van der Waals surface area contributed by atoms with Crippen LogP contribution in [-0.4, -0.2) is 29.9 Å². The Kier molecular flexibility index (Phi) is 6.22. The van der Waals surface area contributed by atoms with Crippen molar-refractivity contribution < 1.29 is 21.6 Å². The van der Waals surface area contributed by atoms with Gasteiger partial charge in [-0.3, -0.25) is 0 Å². The van der Waals surface area contributed by atoms with Crippen LogP contribution in [0.25, 0.3) is 10.9 Å². The standard InChI is InChI=1S/C24H27F3N4O2S/c1-13-8-22-21(12-20(13)16-4-6-34(32,33)7-5-16)23(31-15(3)30-22)29-14(2)17-9-18(24(25,26)27)11-19(28)10-17/h8-12,14,16H,4-7,28H2,1-3H3,(H,29,30,31)/t14-/m1/s1. The topological polar surface area (TPSA) is 98.0 Å². The number of aromatic nitrogens is 2. The molecular weight excluding hydrogens is 465 g/mol. The quantitative estimate of drug-likeness (QED) is 0.479. The molecule has 0 radical (unpaired) electrons. The minimum Gasteiger partial charge on any atom is -0.399 e. The van der Waals surface area contributed by atoms with Gasteiger partial charge in [-0.1, -0.05) is 0 Å². The van der Waals surface area contributed by atoms with E-state index >= 15 is 0 Å². The first-order valence-electron chi connectivity index (χ1n) is 11.1. The van der Waals surface area contributed by atoms with E-state index in [0.717, 1.165) is 34.2 Å². The highest BCUT2D eigenvalue weighted by Gasteiger charge is 2.31. The smallest absolute Gasteiger partial charge is 0.399 e. The minimum absolute atomic E-state index is 0.0346. The van der Waals surface area contributed by atoms with Gasteiger partial charge in [-0.25, -0.2) is 18.4 Å². The van der Waals surface area contributed by atoms with Crippen LogP contribution in [0.1, 0.15) is 59.8 Å². The number of anilines is 2. The molecule has 0 spiro atoms. The van der Waals surface area contributed by atoms with Gasteiger partial charge in [-0.2, -0.15) is 13.2 Å². The zero-order valence-electron chi connectivity index (χ0n) is 19.2. The van der Waals surface area contributed by atoms with Crippen LogP contribution in [0.2, 0.25) is 0 Å². The molecule has 0 amide bonds. The molecule has 2 heterocycles. The van der Waals surface area contributed by atoms with Crippen molar-refractivity contribution in [2.24, 2.45) is 0 Å². The van der Waals surface area contributed by atoms with Crippen molar-refractivity contribution in [3.63, 3.8) is 0 Å². The van der Waals surface area contributed by atoms with E-state index in [1.165, 1.54) is 6.07 Å². The molecule has 1 aliphatic heterocycles. The van der Waals surface area contributed by atoms with Gasteiger partial charge in [0.05, 0.1) is 28.6 Å². The van der Waals surface area contributed by atoms with E-state index in [9.17, 15) is 21.6 Å². The molecule has 3 aromatic rings. The number of rotatable bonds is 4. The van der Waals surface area contributed by atoms with E-state index in [1.807, 2.05) is 19.1 Å². The summed E-state index contributed by atoms with van der Waals surface area (Å²) in [5.74, 6) is 1.48. The van der Waals surface area contributed by atoms with Gasteiger partial charge in [-0.15, -0.1) is 0 Å². The fraction of sp³-hybridized carbons (Fsp3) is 0.417. The normalized spacial score (nSPS) is 17.6. The molecule has 6 nitrogen and oxygen atoms in total. The summed E-state index contributed by atoms with van der Waals surface area (Å²) in [7, 11) is -2.98. The number of nitrogens with zero attached hydrogens (tertiary/aromatic N) is 2. The van der Waals surface area contributed by atoms with Crippen molar-refractivity contribution in [3.8, 4) is 0 Å². The summed E-state index contributed by atoms with van der Waals surface area (Å²) in [5, 5.41) is 3.98. The molecule has 4 rings (SSSR count). The predicted molar refractivity (Wildman–Crippen MR) is 128 cm³/mol. The fourth-order valence-corrected chi connectivity index (χ4v) is 6.03. The zero-order valence-corrected chi connectivity index (χ0v) is 20.0. The number of aryl methyl sites for hydroxylation is 2. The summed E-state index contributed by atoms with van der Waals surface area (Å²) in [6.07, 6.45) is -3.38. The average molecular weight is 493 g/mol. The van der Waals surface area contributed by atoms with Crippen LogP contribution in [0.3, 0.4) is 0 Å². The molecule has 1 aliphatic rings. The van der Waals surface area contributed by atoms with Crippen molar-refractivity contribution in [2.75, 3.05) is 22.6 Å². The first-order valence-corrected chi connectivity index (χ1v) is 12.9. The number of nitrogens with two attached hydrogens (primary N) is 1. The first-order chi connectivity index (χ1) is 15.8. The number of benzene rings is 2. The number of hydrogen-bond acceptors (Lipinski definition) is 6. The second kappa shape index (κ2) is 8.72. The minimum atomic E-state index is -4.50. The van der Waals surface area contributed by atoms with Gasteiger partial charge in [0.15, 0.2) is 0 Å². The molecule has 10 heteroatoms. The number of alkyl halides is 3. The second-order valence-electron chi connectivity index (χ2n) is 9.02. The molecule has 1 aromatic heterocycles. The van der Waals surface area contributed by atoms with E-state index in [0.29, 0.717) is 30.0 Å². The van der Waals surface area contributed by atoms with Gasteiger partial charge in [0.25, 0.3) is 0 Å². The fourth-order valence-electron chi connectivity index (χ4n) is 4.54. The average Bonchev–Trinajstić information content (AvgIpc) is 2.72. The number of nitrogen functional groups attached to an aromatic ring is 1. The van der Waals surface area contributed by atoms with Gasteiger partial charge >= 0.3 is 6.18 Å².